The van der Waals surface area contributed by atoms with Crippen molar-refractivity contribution in [2.24, 2.45) is 0 Å². The fourth-order valence-electron chi connectivity index (χ4n) is 4.99. The first-order chi connectivity index (χ1) is 18.9. The first kappa shape index (κ1) is 28.3. The van der Waals surface area contributed by atoms with Crippen LogP contribution in [0.2, 0.25) is 0 Å². The Hall–Kier alpha value is -3.75. The second kappa shape index (κ2) is 13.9. The van der Waals surface area contributed by atoms with Crippen molar-refractivity contribution in [3.05, 3.63) is 96.1 Å². The Morgan fingerprint density at radius 3 is 2.31 bits per heavy atom. The zero-order chi connectivity index (χ0) is 27.6. The molecule has 2 N–H and O–H groups in total. The van der Waals surface area contributed by atoms with Gasteiger partial charge in [0, 0.05) is 47.6 Å². The SMILES string of the molecule is COc1ccc(CCN2CCCC2CN2c3ccccc3CSc3ccccc32)cc1.O=C(O)/C=C\C(=O)O. The molecule has 0 amide bonds. The third-order valence-corrected chi connectivity index (χ3v) is 8.04. The minimum Gasteiger partial charge on any atom is -0.497 e. The van der Waals surface area contributed by atoms with E-state index in [1.54, 1.807) is 7.11 Å². The molecule has 2 heterocycles. The van der Waals surface area contributed by atoms with Gasteiger partial charge in [-0.1, -0.05) is 42.5 Å². The van der Waals surface area contributed by atoms with Crippen molar-refractivity contribution < 1.29 is 24.5 Å². The van der Waals surface area contributed by atoms with Gasteiger partial charge in [0.05, 0.1) is 12.8 Å². The van der Waals surface area contributed by atoms with Crippen LogP contribution in [-0.2, 0) is 21.8 Å². The molecule has 204 valence electrons. The molecule has 0 bridgehead atoms. The molecule has 2 aliphatic rings. The van der Waals surface area contributed by atoms with E-state index >= 15 is 0 Å². The molecule has 0 radical (unpaired) electrons. The van der Waals surface area contributed by atoms with Crippen molar-refractivity contribution in [1.29, 1.82) is 0 Å². The molecule has 1 saturated heterocycles. The van der Waals surface area contributed by atoms with Crippen LogP contribution in [0.25, 0.3) is 0 Å². The van der Waals surface area contributed by atoms with E-state index in [2.05, 4.69) is 82.6 Å². The number of hydrogen-bond acceptors (Lipinski definition) is 6. The lowest BCUT2D eigenvalue weighted by Crippen LogP contribution is -2.39. The molecule has 5 rings (SSSR count). The van der Waals surface area contributed by atoms with Crippen molar-refractivity contribution in [3.63, 3.8) is 0 Å². The molecular formula is C31H34N2O5S. The number of nitrogens with zero attached hydrogens (tertiary/aromatic N) is 2. The summed E-state index contributed by atoms with van der Waals surface area (Å²) in [6, 6.07) is 27.0. The molecule has 3 aromatic carbocycles. The molecule has 2 aliphatic heterocycles. The standard InChI is InChI=1S/C27H30N2OS.C4H4O4/c1-30-24-14-12-21(13-15-24)16-18-28-17-6-8-23(28)19-29-25-9-3-2-7-22(25)20-31-27-11-5-4-10-26(27)29;5-3(6)1-2-4(7)8/h2-5,7,9-15,23H,6,8,16-20H2,1H3;1-2H,(H,5,6)(H,7,8)/b;2-1-. The highest BCUT2D eigenvalue weighted by molar-refractivity contribution is 7.98. The smallest absolute Gasteiger partial charge is 0.328 e. The Morgan fingerprint density at radius 2 is 1.62 bits per heavy atom. The van der Waals surface area contributed by atoms with Crippen molar-refractivity contribution in [2.75, 3.05) is 31.6 Å². The van der Waals surface area contributed by atoms with E-state index in [-0.39, 0.29) is 0 Å². The van der Waals surface area contributed by atoms with E-state index in [1.807, 2.05) is 11.8 Å². The Bertz CT molecular complexity index is 1230. The van der Waals surface area contributed by atoms with Gasteiger partial charge < -0.3 is 19.8 Å². The maximum atomic E-state index is 9.55. The van der Waals surface area contributed by atoms with Crippen LogP contribution in [0.1, 0.15) is 24.0 Å². The second-order valence-corrected chi connectivity index (χ2v) is 10.5. The van der Waals surface area contributed by atoms with Gasteiger partial charge >= 0.3 is 11.9 Å². The lowest BCUT2D eigenvalue weighted by atomic mass is 10.1. The van der Waals surface area contributed by atoms with Crippen LogP contribution in [0.5, 0.6) is 5.75 Å². The molecule has 8 heteroatoms. The van der Waals surface area contributed by atoms with Gasteiger partial charge in [-0.15, -0.1) is 11.8 Å². The lowest BCUT2D eigenvalue weighted by Gasteiger charge is -2.33. The second-order valence-electron chi connectivity index (χ2n) is 9.44. The normalized spacial score (nSPS) is 16.5. The molecule has 39 heavy (non-hydrogen) atoms. The highest BCUT2D eigenvalue weighted by Crippen LogP contribution is 2.43. The number of carbonyl (C=O) groups is 2. The van der Waals surface area contributed by atoms with E-state index in [9.17, 15) is 9.59 Å². The number of carboxylic acids is 2. The molecule has 0 saturated carbocycles. The number of thioether (sulfide) groups is 1. The molecular weight excluding hydrogens is 512 g/mol. The molecule has 1 atom stereocenters. The Kier molecular flexibility index (Phi) is 10.1. The number of anilines is 2. The van der Waals surface area contributed by atoms with Gasteiger partial charge in [-0.2, -0.15) is 0 Å². The summed E-state index contributed by atoms with van der Waals surface area (Å²) in [4.78, 5) is 25.8. The predicted molar refractivity (Wildman–Crippen MR) is 155 cm³/mol. The van der Waals surface area contributed by atoms with Crippen LogP contribution in [0.3, 0.4) is 0 Å². The maximum absolute atomic E-state index is 9.55. The zero-order valence-corrected chi connectivity index (χ0v) is 22.8. The van der Waals surface area contributed by atoms with Gasteiger partial charge in [0.1, 0.15) is 5.75 Å². The van der Waals surface area contributed by atoms with Crippen molar-refractivity contribution in [3.8, 4) is 5.75 Å². The first-order valence-electron chi connectivity index (χ1n) is 13.0. The van der Waals surface area contributed by atoms with Crippen molar-refractivity contribution in [1.82, 2.24) is 4.90 Å². The number of methoxy groups -OCH3 is 1. The maximum Gasteiger partial charge on any atom is 0.328 e. The Labute approximate surface area is 233 Å². The first-order valence-corrected chi connectivity index (χ1v) is 14.0. The van der Waals surface area contributed by atoms with E-state index < -0.39 is 11.9 Å². The van der Waals surface area contributed by atoms with E-state index in [0.29, 0.717) is 18.2 Å². The van der Waals surface area contributed by atoms with Gasteiger partial charge in [-0.25, -0.2) is 9.59 Å². The number of fused-ring (bicyclic) bond motifs is 2. The fraction of sp³-hybridized carbons (Fsp3) is 0.290. The summed E-state index contributed by atoms with van der Waals surface area (Å²) in [7, 11) is 1.72. The lowest BCUT2D eigenvalue weighted by molar-refractivity contribution is -0.134. The van der Waals surface area contributed by atoms with Gasteiger partial charge in [0.2, 0.25) is 0 Å². The molecule has 0 aromatic heterocycles. The van der Waals surface area contributed by atoms with Crippen molar-refractivity contribution in [2.45, 2.75) is 36.0 Å². The minimum absolute atomic E-state index is 0.558. The summed E-state index contributed by atoms with van der Waals surface area (Å²) in [6.45, 7) is 3.37. The molecule has 1 unspecified atom stereocenters. The highest BCUT2D eigenvalue weighted by Gasteiger charge is 2.29. The monoisotopic (exact) mass is 546 g/mol. The summed E-state index contributed by atoms with van der Waals surface area (Å²) in [5.74, 6) is -0.547. The Balaban J connectivity index is 0.000000386. The van der Waals surface area contributed by atoms with Crippen LogP contribution in [0.4, 0.5) is 11.4 Å². The molecule has 1 fully saturated rings. The third kappa shape index (κ3) is 7.88. The van der Waals surface area contributed by atoms with Crippen LogP contribution in [0, 0.1) is 0 Å². The molecule has 7 nitrogen and oxygen atoms in total. The summed E-state index contributed by atoms with van der Waals surface area (Å²) in [6.07, 6.45) is 4.77. The fourth-order valence-corrected chi connectivity index (χ4v) is 6.05. The highest BCUT2D eigenvalue weighted by atomic mass is 32.2. The third-order valence-electron chi connectivity index (χ3n) is 6.93. The number of para-hydroxylation sites is 2. The summed E-state index contributed by atoms with van der Waals surface area (Å²) < 4.78 is 5.30. The minimum atomic E-state index is -1.26. The van der Waals surface area contributed by atoms with Gasteiger partial charge in [-0.05, 0) is 67.3 Å². The van der Waals surface area contributed by atoms with Crippen LogP contribution < -0.4 is 9.64 Å². The molecule has 0 aliphatic carbocycles. The topological polar surface area (TPSA) is 90.3 Å². The quantitative estimate of drug-likeness (QED) is 0.340. The van der Waals surface area contributed by atoms with E-state index in [4.69, 9.17) is 14.9 Å². The number of benzene rings is 3. The van der Waals surface area contributed by atoms with Crippen LogP contribution in [-0.4, -0.2) is 59.8 Å². The largest absolute Gasteiger partial charge is 0.497 e. The average Bonchev–Trinajstić information content (AvgIpc) is 3.34. The predicted octanol–water partition coefficient (Wildman–Crippen LogP) is 5.86. The van der Waals surface area contributed by atoms with Crippen molar-refractivity contribution >= 4 is 35.1 Å². The van der Waals surface area contributed by atoms with Gasteiger partial charge in [0.25, 0.3) is 0 Å². The summed E-state index contributed by atoms with van der Waals surface area (Å²) >= 11 is 1.96. The number of hydrogen-bond donors (Lipinski definition) is 2. The molecule has 0 spiro atoms. The average molecular weight is 547 g/mol. The number of rotatable bonds is 8. The van der Waals surface area contributed by atoms with Crippen LogP contribution >= 0.6 is 11.8 Å². The van der Waals surface area contributed by atoms with E-state index in [1.165, 1.54) is 46.8 Å². The zero-order valence-electron chi connectivity index (χ0n) is 22.0. The van der Waals surface area contributed by atoms with Gasteiger partial charge in [0.15, 0.2) is 0 Å². The number of likely N-dealkylation sites (tertiary alicyclic amines) is 1. The Morgan fingerprint density at radius 1 is 0.949 bits per heavy atom. The number of ether oxygens (including phenoxy) is 1. The summed E-state index contributed by atoms with van der Waals surface area (Å²) in [5.41, 5.74) is 5.56. The summed E-state index contributed by atoms with van der Waals surface area (Å²) in [5, 5.41) is 15.6. The molecule has 3 aromatic rings. The number of carboxylic acid groups (broad SMARTS) is 2. The van der Waals surface area contributed by atoms with E-state index in [0.717, 1.165) is 31.0 Å². The van der Waals surface area contributed by atoms with Gasteiger partial charge in [-0.3, -0.25) is 4.90 Å². The van der Waals surface area contributed by atoms with Crippen LogP contribution in [0.15, 0.2) is 89.8 Å². The number of aliphatic carboxylic acids is 2.